The van der Waals surface area contributed by atoms with Crippen molar-refractivity contribution in [2.45, 2.75) is 12.3 Å². The zero-order chi connectivity index (χ0) is 23.2. The van der Waals surface area contributed by atoms with Crippen molar-refractivity contribution in [3.8, 4) is 17.1 Å². The summed E-state index contributed by atoms with van der Waals surface area (Å²) in [5, 5.41) is 9.43. The van der Waals surface area contributed by atoms with E-state index in [4.69, 9.17) is 9.72 Å². The van der Waals surface area contributed by atoms with Crippen molar-refractivity contribution in [2.75, 3.05) is 19.1 Å². The smallest absolute Gasteiger partial charge is 0.304 e. The van der Waals surface area contributed by atoms with Crippen LogP contribution < -0.4 is 9.64 Å². The number of hydrogen-bond acceptors (Lipinski definition) is 4. The first-order valence-corrected chi connectivity index (χ1v) is 10.8. The fourth-order valence-electron chi connectivity index (χ4n) is 3.97. The van der Waals surface area contributed by atoms with E-state index < -0.39 is 5.97 Å². The fraction of sp³-hybridized carbons (Fsp3) is 0.143. The van der Waals surface area contributed by atoms with E-state index in [9.17, 15) is 9.90 Å². The van der Waals surface area contributed by atoms with E-state index in [1.807, 2.05) is 109 Å². The number of anilines is 2. The summed E-state index contributed by atoms with van der Waals surface area (Å²) in [5.74, 6) is -0.486. The van der Waals surface area contributed by atoms with Crippen molar-refractivity contribution >= 4 is 17.3 Å². The number of carbonyl (C=O) groups is 1. The topological polar surface area (TPSA) is 62.7 Å². The minimum Gasteiger partial charge on any atom is -0.481 e. The van der Waals surface area contributed by atoms with Gasteiger partial charge in [-0.1, -0.05) is 72.8 Å². The zero-order valence-electron chi connectivity index (χ0n) is 18.7. The number of aromatic nitrogens is 1. The van der Waals surface area contributed by atoms with Crippen LogP contribution in [0.1, 0.15) is 23.5 Å². The van der Waals surface area contributed by atoms with Crippen LogP contribution in [0.2, 0.25) is 0 Å². The first-order valence-electron chi connectivity index (χ1n) is 10.8. The van der Waals surface area contributed by atoms with E-state index in [2.05, 4.69) is 0 Å². The van der Waals surface area contributed by atoms with Gasteiger partial charge in [-0.05, 0) is 35.4 Å². The predicted octanol–water partition coefficient (Wildman–Crippen LogP) is 6.13. The molecule has 0 aliphatic carbocycles. The molecule has 1 N–H and O–H groups in total. The third-order valence-electron chi connectivity index (χ3n) is 5.73. The molecule has 0 saturated carbocycles. The first kappa shape index (κ1) is 22.1. The van der Waals surface area contributed by atoms with Crippen molar-refractivity contribution in [1.29, 1.82) is 0 Å². The molecule has 1 aromatic heterocycles. The Labute approximate surface area is 193 Å². The van der Waals surface area contributed by atoms with Crippen LogP contribution in [0.5, 0.6) is 5.88 Å². The fourth-order valence-corrected chi connectivity index (χ4v) is 3.97. The summed E-state index contributed by atoms with van der Waals surface area (Å²) in [7, 11) is 3.58. The summed E-state index contributed by atoms with van der Waals surface area (Å²) >= 11 is 0. The van der Waals surface area contributed by atoms with Gasteiger partial charge in [0.2, 0.25) is 5.88 Å². The zero-order valence-corrected chi connectivity index (χ0v) is 18.7. The predicted molar refractivity (Wildman–Crippen MR) is 131 cm³/mol. The molecule has 5 heteroatoms. The molecular formula is C28H26N2O3. The Morgan fingerprint density at radius 2 is 1.48 bits per heavy atom. The van der Waals surface area contributed by atoms with Crippen LogP contribution in [0.15, 0.2) is 97.1 Å². The Hall–Kier alpha value is -4.12. The Morgan fingerprint density at radius 1 is 0.879 bits per heavy atom. The van der Waals surface area contributed by atoms with Gasteiger partial charge < -0.3 is 14.7 Å². The Bertz CT molecular complexity index is 1210. The highest BCUT2D eigenvalue weighted by molar-refractivity contribution is 5.72. The molecule has 0 spiro atoms. The molecule has 33 heavy (non-hydrogen) atoms. The van der Waals surface area contributed by atoms with E-state index in [0.29, 0.717) is 5.88 Å². The van der Waals surface area contributed by atoms with E-state index in [-0.39, 0.29) is 12.3 Å². The summed E-state index contributed by atoms with van der Waals surface area (Å²) in [6.07, 6.45) is 0.0396. The van der Waals surface area contributed by atoms with Crippen LogP contribution in [-0.4, -0.2) is 30.2 Å². The second kappa shape index (κ2) is 10.0. The Morgan fingerprint density at radius 3 is 2.09 bits per heavy atom. The largest absolute Gasteiger partial charge is 0.481 e. The Kier molecular flexibility index (Phi) is 6.69. The second-order valence-corrected chi connectivity index (χ2v) is 7.80. The number of hydrogen-bond donors (Lipinski definition) is 1. The van der Waals surface area contributed by atoms with Crippen LogP contribution >= 0.6 is 0 Å². The van der Waals surface area contributed by atoms with Gasteiger partial charge in [0.1, 0.15) is 5.69 Å². The lowest BCUT2D eigenvalue weighted by molar-refractivity contribution is -0.137. The van der Waals surface area contributed by atoms with Gasteiger partial charge in [-0.25, -0.2) is 4.98 Å². The molecule has 5 nitrogen and oxygen atoms in total. The van der Waals surface area contributed by atoms with E-state index in [1.165, 1.54) is 0 Å². The minimum atomic E-state index is -0.820. The summed E-state index contributed by atoms with van der Waals surface area (Å²) in [6.45, 7) is 0. The summed E-state index contributed by atoms with van der Waals surface area (Å²) in [6, 6.07) is 31.7. The minimum absolute atomic E-state index is 0.0396. The van der Waals surface area contributed by atoms with Crippen LogP contribution in [0.25, 0.3) is 11.3 Å². The first-order chi connectivity index (χ1) is 16.1. The molecule has 3 aromatic carbocycles. The highest BCUT2D eigenvalue weighted by Gasteiger charge is 2.19. The molecule has 1 atom stereocenters. The molecule has 0 aliphatic rings. The molecule has 0 amide bonds. The average molecular weight is 439 g/mol. The van der Waals surface area contributed by atoms with E-state index in [1.54, 1.807) is 7.11 Å². The van der Waals surface area contributed by atoms with Crippen LogP contribution in [0.3, 0.4) is 0 Å². The van der Waals surface area contributed by atoms with Gasteiger partial charge in [-0.15, -0.1) is 0 Å². The molecule has 0 saturated heterocycles. The third-order valence-corrected chi connectivity index (χ3v) is 5.73. The molecule has 0 bridgehead atoms. The lowest BCUT2D eigenvalue weighted by Gasteiger charge is -2.23. The van der Waals surface area contributed by atoms with Crippen LogP contribution in [0, 0.1) is 0 Å². The van der Waals surface area contributed by atoms with Crippen molar-refractivity contribution in [1.82, 2.24) is 4.98 Å². The van der Waals surface area contributed by atoms with E-state index in [0.717, 1.165) is 33.8 Å². The van der Waals surface area contributed by atoms with Gasteiger partial charge in [0.25, 0.3) is 0 Å². The number of aliphatic carboxylic acids is 1. The van der Waals surface area contributed by atoms with Gasteiger partial charge in [-0.2, -0.15) is 0 Å². The third kappa shape index (κ3) is 5.04. The van der Waals surface area contributed by atoms with Gasteiger partial charge in [0, 0.05) is 24.2 Å². The number of nitrogens with zero attached hydrogens (tertiary/aromatic N) is 2. The van der Waals surface area contributed by atoms with Gasteiger partial charge in [0.05, 0.1) is 19.2 Å². The highest BCUT2D eigenvalue weighted by atomic mass is 16.5. The van der Waals surface area contributed by atoms with Crippen molar-refractivity contribution in [3.05, 3.63) is 108 Å². The maximum atomic E-state index is 11.5. The lowest BCUT2D eigenvalue weighted by Crippen LogP contribution is -2.12. The maximum absolute atomic E-state index is 11.5. The molecule has 4 aromatic rings. The monoisotopic (exact) mass is 438 g/mol. The summed E-state index contributed by atoms with van der Waals surface area (Å²) < 4.78 is 5.60. The number of pyridine rings is 1. The van der Waals surface area contributed by atoms with E-state index >= 15 is 0 Å². The molecule has 4 rings (SSSR count). The van der Waals surface area contributed by atoms with Gasteiger partial charge >= 0.3 is 5.97 Å². The quantitative estimate of drug-likeness (QED) is 0.358. The lowest BCUT2D eigenvalue weighted by atomic mass is 9.88. The normalized spacial score (nSPS) is 11.6. The van der Waals surface area contributed by atoms with Crippen molar-refractivity contribution < 1.29 is 14.6 Å². The van der Waals surface area contributed by atoms with Crippen molar-refractivity contribution in [3.63, 3.8) is 0 Å². The standard InChI is InChI=1S/C28H26N2O3/c1-30(26-18-17-25(29-28(26)33-2)22-11-7-4-8-12-22)23-15-13-21(14-16-23)24(19-27(31)32)20-9-5-3-6-10-20/h3-18,24H,19H2,1-2H3,(H,31,32). The molecular weight excluding hydrogens is 412 g/mol. The van der Waals surface area contributed by atoms with Crippen LogP contribution in [0.4, 0.5) is 11.4 Å². The van der Waals surface area contributed by atoms with Gasteiger partial charge in [-0.3, -0.25) is 4.79 Å². The number of carboxylic acids is 1. The summed E-state index contributed by atoms with van der Waals surface area (Å²) in [5.41, 5.74) is 5.62. The molecule has 1 unspecified atom stereocenters. The molecule has 0 radical (unpaired) electrons. The van der Waals surface area contributed by atoms with Crippen molar-refractivity contribution in [2.24, 2.45) is 0 Å². The number of benzene rings is 3. The SMILES string of the molecule is COc1nc(-c2ccccc2)ccc1N(C)c1ccc(C(CC(=O)O)c2ccccc2)cc1. The van der Waals surface area contributed by atoms with Crippen LogP contribution in [-0.2, 0) is 4.79 Å². The number of ether oxygens (including phenoxy) is 1. The van der Waals surface area contributed by atoms with Gasteiger partial charge in [0.15, 0.2) is 0 Å². The molecule has 0 aliphatic heterocycles. The molecule has 0 fully saturated rings. The number of carboxylic acid groups (broad SMARTS) is 1. The number of methoxy groups -OCH3 is 1. The second-order valence-electron chi connectivity index (χ2n) is 7.80. The molecule has 166 valence electrons. The number of rotatable bonds is 8. The highest BCUT2D eigenvalue weighted by Crippen LogP contribution is 2.35. The Balaban J connectivity index is 1.61. The average Bonchev–Trinajstić information content (AvgIpc) is 2.87. The summed E-state index contributed by atoms with van der Waals surface area (Å²) in [4.78, 5) is 18.2. The molecule has 1 heterocycles. The maximum Gasteiger partial charge on any atom is 0.304 e.